The Morgan fingerprint density at radius 1 is 1.00 bits per heavy atom. The first kappa shape index (κ1) is 14.9. The van der Waals surface area contributed by atoms with Crippen LogP contribution in [-0.4, -0.2) is 14.0 Å². The molecule has 7 heteroatoms. The second-order valence-corrected chi connectivity index (χ2v) is 5.32. The molecule has 3 N–H and O–H groups in total. The van der Waals surface area contributed by atoms with Crippen molar-refractivity contribution in [2.75, 3.05) is 0 Å². The van der Waals surface area contributed by atoms with Gasteiger partial charge in [0.15, 0.2) is 12.4 Å². The van der Waals surface area contributed by atoms with Crippen LogP contribution in [0.2, 0.25) is 5.02 Å². The maximum atomic E-state index is 8.83. The standard InChI is InChI=1S/C13H9ClN.ClH3O4/c14-12-5-4-10-9-15-6-2-1-3-13(15)8-11(10)7-12;2-1(3,4)5/h1-9H;2-4H/q+1;. The van der Waals surface area contributed by atoms with Crippen molar-refractivity contribution in [3.05, 3.63) is 59.9 Å². The molecule has 0 spiro atoms. The number of nitrogens with zero attached hydrogens (tertiary/aromatic N) is 1. The molecule has 0 aliphatic carbocycles. The van der Waals surface area contributed by atoms with Crippen LogP contribution in [0.4, 0.5) is 0 Å². The van der Waals surface area contributed by atoms with E-state index in [-0.39, 0.29) is 0 Å². The number of aromatic nitrogens is 1. The fourth-order valence-corrected chi connectivity index (χ4v) is 1.99. The summed E-state index contributed by atoms with van der Waals surface area (Å²) in [6.45, 7) is 0. The van der Waals surface area contributed by atoms with Crippen molar-refractivity contribution in [1.29, 1.82) is 0 Å². The van der Waals surface area contributed by atoms with Crippen molar-refractivity contribution in [3.63, 3.8) is 0 Å². The van der Waals surface area contributed by atoms with Gasteiger partial charge in [0.25, 0.3) is 0 Å². The molecule has 106 valence electrons. The van der Waals surface area contributed by atoms with E-state index in [0.717, 1.165) is 5.02 Å². The van der Waals surface area contributed by atoms with Gasteiger partial charge in [-0.15, -0.1) is 0 Å². The topological polar surface area (TPSA) is 87.9 Å². The normalized spacial score (nSPS) is 12.1. The zero-order valence-corrected chi connectivity index (χ0v) is 11.7. The molecule has 0 aliphatic heterocycles. The Morgan fingerprint density at radius 3 is 2.40 bits per heavy atom. The average molecular weight is 317 g/mol. The molecule has 2 aromatic heterocycles. The fourth-order valence-electron chi connectivity index (χ4n) is 1.81. The van der Waals surface area contributed by atoms with Gasteiger partial charge < -0.3 is 0 Å². The second kappa shape index (κ2) is 5.88. The van der Waals surface area contributed by atoms with Gasteiger partial charge >= 0.3 is 28.9 Å². The quantitative estimate of drug-likeness (QED) is 0.413. The monoisotopic (exact) mass is 316 g/mol. The third-order valence-electron chi connectivity index (χ3n) is 2.55. The van der Waals surface area contributed by atoms with E-state index in [0.29, 0.717) is 0 Å². The van der Waals surface area contributed by atoms with Crippen LogP contribution in [0.1, 0.15) is 0 Å². The number of benzene rings is 1. The Morgan fingerprint density at radius 2 is 1.70 bits per heavy atom. The number of fused-ring (bicyclic) bond motifs is 2. The van der Waals surface area contributed by atoms with Gasteiger partial charge in [0.05, 0.1) is 0 Å². The SMILES string of the molecule is Clc1ccc2c[n+]3ccccc3cc2c1.[O-][Cl+](O)(O)O. The van der Waals surface area contributed by atoms with E-state index in [1.54, 1.807) is 0 Å². The van der Waals surface area contributed by atoms with Gasteiger partial charge in [0.1, 0.15) is 0 Å². The summed E-state index contributed by atoms with van der Waals surface area (Å²) in [4.78, 5) is 0. The molecule has 0 radical (unpaired) electrons. The van der Waals surface area contributed by atoms with Gasteiger partial charge in [-0.3, -0.25) is 0 Å². The zero-order chi connectivity index (χ0) is 14.8. The third-order valence-corrected chi connectivity index (χ3v) is 2.79. The molecule has 0 unspecified atom stereocenters. The molecule has 0 saturated carbocycles. The molecule has 0 fully saturated rings. The van der Waals surface area contributed by atoms with Crippen LogP contribution in [0, 0.1) is 10.2 Å². The van der Waals surface area contributed by atoms with Crippen LogP contribution >= 0.6 is 11.6 Å². The molecular weight excluding hydrogens is 305 g/mol. The first-order chi connectivity index (χ1) is 9.33. The predicted octanol–water partition coefficient (Wildman–Crippen LogP) is 0.372. The molecule has 2 heterocycles. The second-order valence-electron chi connectivity index (χ2n) is 4.01. The van der Waals surface area contributed by atoms with Crippen molar-refractivity contribution in [2.45, 2.75) is 0 Å². The van der Waals surface area contributed by atoms with Gasteiger partial charge in [0, 0.05) is 28.6 Å². The van der Waals surface area contributed by atoms with Crippen LogP contribution in [0.15, 0.2) is 54.9 Å². The number of pyridine rings is 2. The molecule has 0 aliphatic rings. The molecule has 0 saturated heterocycles. The van der Waals surface area contributed by atoms with Gasteiger partial charge in [-0.25, -0.2) is 0 Å². The van der Waals surface area contributed by atoms with Gasteiger partial charge in [0.2, 0.25) is 5.52 Å². The number of hydrogen-bond acceptors (Lipinski definition) is 4. The van der Waals surface area contributed by atoms with E-state index >= 15 is 0 Å². The molecule has 1 aromatic carbocycles. The first-order valence-corrected chi connectivity index (χ1v) is 7.18. The number of rotatable bonds is 0. The fraction of sp³-hybridized carbons (Fsp3) is 0. The van der Waals surface area contributed by atoms with E-state index < -0.39 is 10.2 Å². The molecule has 3 aromatic rings. The van der Waals surface area contributed by atoms with E-state index in [4.69, 9.17) is 30.2 Å². The Balaban J connectivity index is 0.000000257. The summed E-state index contributed by atoms with van der Waals surface area (Å²) in [5.41, 5.74) is 1.17. The van der Waals surface area contributed by atoms with E-state index in [1.165, 1.54) is 16.3 Å². The van der Waals surface area contributed by atoms with Crippen molar-refractivity contribution in [1.82, 2.24) is 0 Å². The Kier molecular flexibility index (Phi) is 4.39. The van der Waals surface area contributed by atoms with E-state index in [1.807, 2.05) is 36.5 Å². The number of hydrogen-bond donors (Lipinski definition) is 3. The summed E-state index contributed by atoms with van der Waals surface area (Å²) >= 11 is 5.96. The minimum absolute atomic E-state index is 0.780. The molecule has 0 atom stereocenters. The molecular formula is C13H12Cl2NO4+. The first-order valence-electron chi connectivity index (χ1n) is 5.48. The summed E-state index contributed by atoms with van der Waals surface area (Å²) in [5, 5.41) is 3.15. The van der Waals surface area contributed by atoms with Gasteiger partial charge in [-0.1, -0.05) is 11.6 Å². The van der Waals surface area contributed by atoms with Crippen LogP contribution in [-0.2, 0) is 0 Å². The van der Waals surface area contributed by atoms with E-state index in [2.05, 4.69) is 22.7 Å². The van der Waals surface area contributed by atoms with Gasteiger partial charge in [-0.05, 0) is 29.7 Å². The Bertz CT molecular complexity index is 737. The van der Waals surface area contributed by atoms with Crippen LogP contribution in [0.25, 0.3) is 16.3 Å². The molecule has 3 rings (SSSR count). The summed E-state index contributed by atoms with van der Waals surface area (Å²) in [6, 6.07) is 14.2. The Labute approximate surface area is 121 Å². The van der Waals surface area contributed by atoms with E-state index in [9.17, 15) is 0 Å². The van der Waals surface area contributed by atoms with Crippen molar-refractivity contribution in [3.8, 4) is 0 Å². The molecule has 20 heavy (non-hydrogen) atoms. The average Bonchev–Trinajstić information content (AvgIpc) is 2.34. The molecule has 0 amide bonds. The van der Waals surface area contributed by atoms with Gasteiger partial charge in [-0.2, -0.15) is 4.40 Å². The van der Waals surface area contributed by atoms with Crippen LogP contribution < -0.4 is 9.06 Å². The summed E-state index contributed by atoms with van der Waals surface area (Å²) in [7, 11) is -4.19. The maximum absolute atomic E-state index is 8.83. The summed E-state index contributed by atoms with van der Waals surface area (Å²) < 4.78 is 32.3. The minimum atomic E-state index is -4.19. The zero-order valence-electron chi connectivity index (χ0n) is 10.1. The van der Waals surface area contributed by atoms with Crippen molar-refractivity contribution in [2.24, 2.45) is 0 Å². The summed E-state index contributed by atoms with van der Waals surface area (Å²) in [6.07, 6.45) is 4.16. The van der Waals surface area contributed by atoms with Crippen molar-refractivity contribution >= 4 is 27.9 Å². The Hall–Kier alpha value is -1.47. The third kappa shape index (κ3) is 4.28. The van der Waals surface area contributed by atoms with Crippen LogP contribution in [0.5, 0.6) is 0 Å². The molecule has 0 bridgehead atoms. The predicted molar refractivity (Wildman–Crippen MR) is 68.8 cm³/mol. The summed E-state index contributed by atoms with van der Waals surface area (Å²) in [5.74, 6) is 0. The van der Waals surface area contributed by atoms with Crippen LogP contribution in [0.3, 0.4) is 0 Å². The molecule has 5 nitrogen and oxygen atoms in total. The number of halogens is 2. The van der Waals surface area contributed by atoms with Crippen molar-refractivity contribution < 1.29 is 33.3 Å².